The van der Waals surface area contributed by atoms with Crippen LogP contribution in [0.15, 0.2) is 54.9 Å². The number of fused-ring (bicyclic) bond motifs is 1. The quantitative estimate of drug-likeness (QED) is 0.423. The normalized spacial score (nSPS) is 10.8. The van der Waals surface area contributed by atoms with Crippen molar-refractivity contribution < 1.29 is 4.57 Å². The molecule has 100 valence electrons. The predicted molar refractivity (Wildman–Crippen MR) is 79.7 cm³/mol. The largest absolute Gasteiger partial charge is 0.384 e. The molecule has 0 bridgehead atoms. The Bertz CT molecular complexity index is 769. The molecule has 2 aromatic heterocycles. The molecule has 0 atom stereocenters. The number of nitrogens with zero attached hydrogens (tertiary/aromatic N) is 2. The lowest BCUT2D eigenvalue weighted by Gasteiger charge is -2.06. The molecule has 0 spiro atoms. The van der Waals surface area contributed by atoms with Gasteiger partial charge in [0, 0.05) is 30.4 Å². The summed E-state index contributed by atoms with van der Waals surface area (Å²) in [6.07, 6.45) is 4.15. The summed E-state index contributed by atoms with van der Waals surface area (Å²) in [6, 6.07) is 14.1. The zero-order valence-electron chi connectivity index (χ0n) is 11.4. The smallest absolute Gasteiger partial charge is 0.230 e. The number of aryl methyl sites for hydroxylation is 1. The van der Waals surface area contributed by atoms with Crippen molar-refractivity contribution in [3.8, 4) is 0 Å². The summed E-state index contributed by atoms with van der Waals surface area (Å²) in [5.74, 6) is 0.106. The van der Waals surface area contributed by atoms with E-state index >= 15 is 0 Å². The zero-order chi connectivity index (χ0) is 14.1. The third-order valence-electron chi connectivity index (χ3n) is 3.55. The Labute approximate surface area is 117 Å². The number of nitrogen functional groups attached to an aromatic ring is 1. The van der Waals surface area contributed by atoms with E-state index in [4.69, 9.17) is 11.1 Å². The summed E-state index contributed by atoms with van der Waals surface area (Å²) in [5.41, 5.74) is 9.85. The van der Waals surface area contributed by atoms with Crippen molar-refractivity contribution in [2.45, 2.75) is 6.54 Å². The molecule has 0 aliphatic heterocycles. The van der Waals surface area contributed by atoms with Gasteiger partial charge in [-0.1, -0.05) is 24.3 Å². The van der Waals surface area contributed by atoms with Gasteiger partial charge in [0.1, 0.15) is 18.4 Å². The Morgan fingerprint density at radius 1 is 1.20 bits per heavy atom. The van der Waals surface area contributed by atoms with E-state index < -0.39 is 0 Å². The number of pyridine rings is 1. The van der Waals surface area contributed by atoms with E-state index in [-0.39, 0.29) is 5.84 Å². The SMILES string of the molecule is C[n+]1cccc2c1ccn2Cc1ccc(C(=N)N)cc1. The summed E-state index contributed by atoms with van der Waals surface area (Å²) in [4.78, 5) is 0. The molecule has 0 aliphatic rings. The second kappa shape index (κ2) is 4.81. The summed E-state index contributed by atoms with van der Waals surface area (Å²) < 4.78 is 4.34. The minimum Gasteiger partial charge on any atom is -0.384 e. The summed E-state index contributed by atoms with van der Waals surface area (Å²) in [7, 11) is 2.05. The van der Waals surface area contributed by atoms with Crippen LogP contribution in [0.1, 0.15) is 11.1 Å². The standard InChI is InChI=1S/C16H17N4/c1-19-9-2-3-15-14(19)8-10-20(15)11-12-4-6-13(7-5-12)16(17)18/h2-10H,11H2,1H3,(H3,17,18)/q+1. The Kier molecular flexibility index (Phi) is 2.99. The average molecular weight is 265 g/mol. The zero-order valence-corrected chi connectivity index (χ0v) is 11.4. The van der Waals surface area contributed by atoms with Crippen LogP contribution < -0.4 is 10.3 Å². The van der Waals surface area contributed by atoms with Gasteiger partial charge < -0.3 is 10.3 Å². The van der Waals surface area contributed by atoms with Crippen LogP contribution in [0.25, 0.3) is 11.0 Å². The number of amidine groups is 1. The van der Waals surface area contributed by atoms with Gasteiger partial charge in [0.25, 0.3) is 0 Å². The van der Waals surface area contributed by atoms with Crippen LogP contribution in [0.3, 0.4) is 0 Å². The van der Waals surface area contributed by atoms with E-state index in [1.165, 1.54) is 16.6 Å². The first-order valence-electron chi connectivity index (χ1n) is 6.52. The third-order valence-corrected chi connectivity index (χ3v) is 3.55. The lowest BCUT2D eigenvalue weighted by molar-refractivity contribution is -0.644. The fourth-order valence-corrected chi connectivity index (χ4v) is 2.42. The Morgan fingerprint density at radius 3 is 2.65 bits per heavy atom. The maximum Gasteiger partial charge on any atom is 0.230 e. The first-order valence-corrected chi connectivity index (χ1v) is 6.52. The van der Waals surface area contributed by atoms with Gasteiger partial charge >= 0.3 is 0 Å². The molecule has 0 fully saturated rings. The van der Waals surface area contributed by atoms with Gasteiger partial charge in [-0.05, 0) is 11.6 Å². The molecule has 4 heteroatoms. The van der Waals surface area contributed by atoms with Crippen LogP contribution in [0.5, 0.6) is 0 Å². The first-order chi connectivity index (χ1) is 9.65. The van der Waals surface area contributed by atoms with Crippen molar-refractivity contribution in [2.24, 2.45) is 12.8 Å². The fraction of sp³-hybridized carbons (Fsp3) is 0.125. The van der Waals surface area contributed by atoms with Gasteiger partial charge in [-0.25, -0.2) is 0 Å². The number of aromatic nitrogens is 2. The Hall–Kier alpha value is -2.62. The number of nitrogens with two attached hydrogens (primary N) is 1. The van der Waals surface area contributed by atoms with Crippen LogP contribution >= 0.6 is 0 Å². The van der Waals surface area contributed by atoms with Crippen molar-refractivity contribution in [1.29, 1.82) is 5.41 Å². The molecule has 4 nitrogen and oxygen atoms in total. The summed E-state index contributed by atoms with van der Waals surface area (Å²) in [6.45, 7) is 0.811. The molecule has 0 saturated carbocycles. The molecule has 3 N–H and O–H groups in total. The van der Waals surface area contributed by atoms with Crippen LogP contribution in [0, 0.1) is 5.41 Å². The molecule has 3 rings (SSSR count). The van der Waals surface area contributed by atoms with E-state index in [0.29, 0.717) is 0 Å². The average Bonchev–Trinajstić information content (AvgIpc) is 2.84. The van der Waals surface area contributed by atoms with E-state index in [2.05, 4.69) is 33.5 Å². The van der Waals surface area contributed by atoms with Crippen LogP contribution in [0.4, 0.5) is 0 Å². The third kappa shape index (κ3) is 2.16. The van der Waals surface area contributed by atoms with Crippen molar-refractivity contribution in [1.82, 2.24) is 4.57 Å². The van der Waals surface area contributed by atoms with Gasteiger partial charge in [0.2, 0.25) is 5.52 Å². The predicted octanol–water partition coefficient (Wildman–Crippen LogP) is 1.80. The van der Waals surface area contributed by atoms with E-state index in [9.17, 15) is 0 Å². The van der Waals surface area contributed by atoms with Gasteiger partial charge in [-0.2, -0.15) is 4.57 Å². The first kappa shape index (κ1) is 12.4. The molecular formula is C16H17N4+. The van der Waals surface area contributed by atoms with Crippen LogP contribution in [-0.4, -0.2) is 10.4 Å². The van der Waals surface area contributed by atoms with E-state index in [1.54, 1.807) is 0 Å². The van der Waals surface area contributed by atoms with Gasteiger partial charge in [0.15, 0.2) is 6.20 Å². The highest BCUT2D eigenvalue weighted by Crippen LogP contribution is 2.14. The molecule has 3 aromatic rings. The highest BCUT2D eigenvalue weighted by atomic mass is 15.0. The fourth-order valence-electron chi connectivity index (χ4n) is 2.42. The van der Waals surface area contributed by atoms with Crippen molar-refractivity contribution >= 4 is 16.9 Å². The number of hydrogen-bond acceptors (Lipinski definition) is 1. The minimum atomic E-state index is 0.106. The second-order valence-electron chi connectivity index (χ2n) is 4.94. The van der Waals surface area contributed by atoms with Crippen molar-refractivity contribution in [3.63, 3.8) is 0 Å². The number of nitrogens with one attached hydrogen (secondary N) is 1. The molecule has 1 aromatic carbocycles. The molecule has 0 amide bonds. The van der Waals surface area contributed by atoms with E-state index in [0.717, 1.165) is 12.1 Å². The minimum absolute atomic E-state index is 0.106. The monoisotopic (exact) mass is 265 g/mol. The van der Waals surface area contributed by atoms with Gasteiger partial charge in [0.05, 0.1) is 0 Å². The van der Waals surface area contributed by atoms with Crippen molar-refractivity contribution in [2.75, 3.05) is 0 Å². The Balaban J connectivity index is 1.93. The number of benzene rings is 1. The summed E-state index contributed by atoms with van der Waals surface area (Å²) >= 11 is 0. The van der Waals surface area contributed by atoms with Gasteiger partial charge in [-0.15, -0.1) is 0 Å². The lowest BCUT2D eigenvalue weighted by atomic mass is 10.1. The highest BCUT2D eigenvalue weighted by molar-refractivity contribution is 5.94. The van der Waals surface area contributed by atoms with Crippen molar-refractivity contribution in [3.05, 3.63) is 66.0 Å². The van der Waals surface area contributed by atoms with Crippen LogP contribution in [-0.2, 0) is 13.6 Å². The maximum absolute atomic E-state index is 7.40. The van der Waals surface area contributed by atoms with Gasteiger partial charge in [-0.3, -0.25) is 5.41 Å². The second-order valence-corrected chi connectivity index (χ2v) is 4.94. The Morgan fingerprint density at radius 2 is 1.95 bits per heavy atom. The maximum atomic E-state index is 7.40. The highest BCUT2D eigenvalue weighted by Gasteiger charge is 2.09. The molecular weight excluding hydrogens is 248 g/mol. The lowest BCUT2D eigenvalue weighted by Crippen LogP contribution is -2.27. The van der Waals surface area contributed by atoms with E-state index in [1.807, 2.05) is 37.5 Å². The number of hydrogen-bond donors (Lipinski definition) is 2. The molecule has 0 aliphatic carbocycles. The molecule has 20 heavy (non-hydrogen) atoms. The molecule has 0 unspecified atom stereocenters. The summed E-state index contributed by atoms with van der Waals surface area (Å²) in [5, 5.41) is 7.40. The molecule has 0 saturated heterocycles. The topological polar surface area (TPSA) is 58.7 Å². The molecule has 2 heterocycles. The van der Waals surface area contributed by atoms with Crippen LogP contribution in [0.2, 0.25) is 0 Å². The number of rotatable bonds is 3. The molecule has 0 radical (unpaired) electrons.